The molecule has 0 saturated carbocycles. The first kappa shape index (κ1) is 15.8. The van der Waals surface area contributed by atoms with Gasteiger partial charge in [0.25, 0.3) is 0 Å². The van der Waals surface area contributed by atoms with E-state index in [4.69, 9.17) is 0 Å². The van der Waals surface area contributed by atoms with Crippen molar-refractivity contribution in [1.29, 1.82) is 0 Å². The lowest BCUT2D eigenvalue weighted by atomic mass is 9.43. The van der Waals surface area contributed by atoms with Crippen molar-refractivity contribution in [2.75, 3.05) is 6.61 Å². The van der Waals surface area contributed by atoms with Gasteiger partial charge in [-0.25, -0.2) is 0 Å². The van der Waals surface area contributed by atoms with Gasteiger partial charge < -0.3 is 9.42 Å². The van der Waals surface area contributed by atoms with Gasteiger partial charge in [0.15, 0.2) is 0 Å². The predicted molar refractivity (Wildman–Crippen MR) is 87.4 cm³/mol. The first-order valence-electron chi connectivity index (χ1n) is 7.53. The Labute approximate surface area is 127 Å². The standard InChI is InChI=1S/C18H22BFO/c1-2-19(20)18(15-21,13-16-9-5-3-6-10-16)14-17-11-7-4-8-12-17/h3-12,21H,2,13-15H2,1H3. The van der Waals surface area contributed by atoms with E-state index in [1.54, 1.807) is 0 Å². The van der Waals surface area contributed by atoms with Gasteiger partial charge in [0.1, 0.15) is 0 Å². The Hall–Kier alpha value is -1.61. The summed E-state index contributed by atoms with van der Waals surface area (Å²) in [5.74, 6) is 0. The van der Waals surface area contributed by atoms with Gasteiger partial charge in [0.2, 0.25) is 0 Å². The Morgan fingerprint density at radius 1 is 0.905 bits per heavy atom. The Morgan fingerprint density at radius 3 is 1.67 bits per heavy atom. The molecular weight excluding hydrogens is 262 g/mol. The SMILES string of the molecule is CCB(F)C(CO)(Cc1ccccc1)Cc1ccccc1. The molecule has 0 radical (unpaired) electrons. The maximum absolute atomic E-state index is 14.7. The topological polar surface area (TPSA) is 20.2 Å². The highest BCUT2D eigenvalue weighted by molar-refractivity contribution is 6.55. The van der Waals surface area contributed by atoms with E-state index in [0.717, 1.165) is 11.1 Å². The molecule has 2 aromatic rings. The van der Waals surface area contributed by atoms with Gasteiger partial charge in [0.05, 0.1) is 0 Å². The van der Waals surface area contributed by atoms with E-state index < -0.39 is 12.3 Å². The van der Waals surface area contributed by atoms with Gasteiger partial charge in [-0.15, -0.1) is 0 Å². The average Bonchev–Trinajstić information content (AvgIpc) is 2.55. The molecule has 0 aliphatic rings. The molecule has 1 nitrogen and oxygen atoms in total. The molecule has 21 heavy (non-hydrogen) atoms. The Balaban J connectivity index is 2.29. The summed E-state index contributed by atoms with van der Waals surface area (Å²) in [6.45, 7) is 0.666. The molecule has 110 valence electrons. The lowest BCUT2D eigenvalue weighted by molar-refractivity contribution is 0.225. The summed E-state index contributed by atoms with van der Waals surface area (Å²) in [7, 11) is 0. The van der Waals surface area contributed by atoms with Crippen molar-refractivity contribution in [3.8, 4) is 0 Å². The van der Waals surface area contributed by atoms with Crippen molar-refractivity contribution in [1.82, 2.24) is 0 Å². The Morgan fingerprint density at radius 2 is 1.33 bits per heavy atom. The number of hydrogen-bond acceptors (Lipinski definition) is 1. The van der Waals surface area contributed by atoms with Crippen LogP contribution in [-0.2, 0) is 12.8 Å². The van der Waals surface area contributed by atoms with E-state index in [1.165, 1.54) is 0 Å². The number of halogens is 1. The normalized spacial score (nSPS) is 11.4. The summed E-state index contributed by atoms with van der Waals surface area (Å²) >= 11 is 0. The lowest BCUT2D eigenvalue weighted by Crippen LogP contribution is -2.36. The van der Waals surface area contributed by atoms with Gasteiger partial charge in [-0.3, -0.25) is 0 Å². The highest BCUT2D eigenvalue weighted by Crippen LogP contribution is 2.40. The Kier molecular flexibility index (Phi) is 5.57. The zero-order valence-corrected chi connectivity index (χ0v) is 12.5. The summed E-state index contributed by atoms with van der Waals surface area (Å²) in [6.07, 6.45) is 1.52. The molecular formula is C18H22BFO. The fraction of sp³-hybridized carbons (Fsp3) is 0.333. The van der Waals surface area contributed by atoms with Gasteiger partial charge in [-0.2, -0.15) is 0 Å². The number of hydrogen-bond donors (Lipinski definition) is 1. The van der Waals surface area contributed by atoms with Crippen LogP contribution < -0.4 is 0 Å². The third-order valence-electron chi connectivity index (χ3n) is 4.14. The van der Waals surface area contributed by atoms with Crippen molar-refractivity contribution in [3.05, 3.63) is 71.8 Å². The van der Waals surface area contributed by atoms with Crippen LogP contribution in [-0.4, -0.2) is 18.7 Å². The minimum Gasteiger partial charge on any atom is -0.396 e. The summed E-state index contributed by atoms with van der Waals surface area (Å²) in [4.78, 5) is 0. The van der Waals surface area contributed by atoms with E-state index in [0.29, 0.717) is 19.2 Å². The van der Waals surface area contributed by atoms with Crippen LogP contribution in [0.25, 0.3) is 0 Å². The minimum atomic E-state index is -1.03. The van der Waals surface area contributed by atoms with Gasteiger partial charge in [0, 0.05) is 11.9 Å². The highest BCUT2D eigenvalue weighted by atomic mass is 19.1. The van der Waals surface area contributed by atoms with E-state index in [2.05, 4.69) is 0 Å². The summed E-state index contributed by atoms with van der Waals surface area (Å²) in [5.41, 5.74) is 2.14. The molecule has 0 unspecified atom stereocenters. The van der Waals surface area contributed by atoms with Crippen molar-refractivity contribution in [2.24, 2.45) is 0 Å². The van der Waals surface area contributed by atoms with Gasteiger partial charge >= 0.3 is 6.99 Å². The van der Waals surface area contributed by atoms with Crippen molar-refractivity contribution >= 4 is 6.99 Å². The molecule has 0 aliphatic carbocycles. The fourth-order valence-electron chi connectivity index (χ4n) is 2.93. The van der Waals surface area contributed by atoms with Crippen molar-refractivity contribution in [2.45, 2.75) is 31.4 Å². The molecule has 0 spiro atoms. The molecule has 0 heterocycles. The zero-order chi connectivity index (χ0) is 15.1. The number of aliphatic hydroxyl groups excluding tert-OH is 1. The molecule has 0 saturated heterocycles. The predicted octanol–water partition coefficient (Wildman–Crippen LogP) is 4.19. The second-order valence-corrected chi connectivity index (χ2v) is 5.72. The maximum atomic E-state index is 14.7. The molecule has 0 fully saturated rings. The second-order valence-electron chi connectivity index (χ2n) is 5.72. The smallest absolute Gasteiger partial charge is 0.357 e. The van der Waals surface area contributed by atoms with Crippen LogP contribution in [0, 0.1) is 0 Å². The number of rotatable bonds is 7. The van der Waals surface area contributed by atoms with E-state index >= 15 is 0 Å². The summed E-state index contributed by atoms with van der Waals surface area (Å²) in [6, 6.07) is 19.7. The van der Waals surface area contributed by atoms with E-state index in [-0.39, 0.29) is 6.61 Å². The molecule has 0 atom stereocenters. The molecule has 0 bridgehead atoms. The van der Waals surface area contributed by atoms with Crippen LogP contribution in [0.3, 0.4) is 0 Å². The average molecular weight is 284 g/mol. The third kappa shape index (κ3) is 3.95. The minimum absolute atomic E-state index is 0.147. The lowest BCUT2D eigenvalue weighted by Gasteiger charge is -2.33. The van der Waals surface area contributed by atoms with Crippen molar-refractivity contribution < 1.29 is 9.42 Å². The largest absolute Gasteiger partial charge is 0.396 e. The first-order valence-corrected chi connectivity index (χ1v) is 7.53. The maximum Gasteiger partial charge on any atom is 0.357 e. The van der Waals surface area contributed by atoms with Crippen LogP contribution in [0.15, 0.2) is 60.7 Å². The van der Waals surface area contributed by atoms with Gasteiger partial charge in [-0.05, 0) is 30.3 Å². The zero-order valence-electron chi connectivity index (χ0n) is 12.5. The van der Waals surface area contributed by atoms with E-state index in [1.807, 2.05) is 67.6 Å². The molecule has 2 aromatic carbocycles. The molecule has 0 amide bonds. The highest BCUT2D eigenvalue weighted by Gasteiger charge is 2.42. The van der Waals surface area contributed by atoms with E-state index in [9.17, 15) is 9.42 Å². The molecule has 0 aliphatic heterocycles. The second kappa shape index (κ2) is 7.42. The third-order valence-corrected chi connectivity index (χ3v) is 4.14. The van der Waals surface area contributed by atoms with Crippen LogP contribution in [0.4, 0.5) is 4.32 Å². The molecule has 1 N–H and O–H groups in total. The fourth-order valence-corrected chi connectivity index (χ4v) is 2.93. The Bertz CT molecular complexity index is 488. The van der Waals surface area contributed by atoms with Gasteiger partial charge in [-0.1, -0.05) is 67.6 Å². The summed E-state index contributed by atoms with van der Waals surface area (Å²) in [5, 5.41) is 9.21. The van der Waals surface area contributed by atoms with Crippen LogP contribution in [0.2, 0.25) is 11.6 Å². The first-order chi connectivity index (χ1) is 10.2. The van der Waals surface area contributed by atoms with Crippen LogP contribution >= 0.6 is 0 Å². The number of aliphatic hydroxyl groups is 1. The van der Waals surface area contributed by atoms with Crippen molar-refractivity contribution in [3.63, 3.8) is 0 Å². The molecule has 3 heteroatoms. The van der Waals surface area contributed by atoms with Crippen LogP contribution in [0.5, 0.6) is 0 Å². The quantitative estimate of drug-likeness (QED) is 0.756. The monoisotopic (exact) mass is 284 g/mol. The summed E-state index contributed by atoms with van der Waals surface area (Å²) < 4.78 is 14.7. The molecule has 0 aromatic heterocycles. The molecule has 2 rings (SSSR count). The number of benzene rings is 2. The van der Waals surface area contributed by atoms with Crippen LogP contribution in [0.1, 0.15) is 18.1 Å².